The van der Waals surface area contributed by atoms with Crippen LogP contribution in [0.15, 0.2) is 122 Å². The van der Waals surface area contributed by atoms with Crippen LogP contribution in [0, 0.1) is 21.6 Å². The molecular formula is C78H105N27O10. The largest absolute Gasteiger partial charge is 0.370 e. The normalized spacial score (nSPS) is 16.0. The van der Waals surface area contributed by atoms with Crippen LogP contribution in [-0.4, -0.2) is 212 Å². The monoisotopic (exact) mass is 1580 g/mol. The van der Waals surface area contributed by atoms with Crippen molar-refractivity contribution in [1.82, 2.24) is 88.2 Å². The molecule has 0 unspecified atom stereocenters. The SMILES string of the molecule is N=C(N)NCCC[C@H](NC(=O)[C@H](CCCNC(=N)N)NC(=O)[C@H](Cc1c[nH]c2ccccc12)NC(=O)[C@@H]1CCCN1C(=O)[C@H](Cc1c[nH]c2ccccc12)NC(=O)[C@H](Cc1c[nH]c2ccccc12)NC(=O)[C@@H]1CCCN1C(=O)[C@H](Cc1c[nH]c2ccccc12)NC(=O)[C@H](CCCNC(=N)N)NC(=O)[C@@H](N)CCCNC(=N)N)C(N)=O. The molecule has 0 bridgehead atoms. The highest BCUT2D eigenvalue weighted by Crippen LogP contribution is 2.28. The van der Waals surface area contributed by atoms with Gasteiger partial charge in [0.1, 0.15) is 54.4 Å². The van der Waals surface area contributed by atoms with Crippen molar-refractivity contribution in [3.8, 4) is 0 Å². The van der Waals surface area contributed by atoms with Gasteiger partial charge in [-0.05, 0) is 124 Å². The van der Waals surface area contributed by atoms with Crippen molar-refractivity contribution >= 4 is 127 Å². The average molecular weight is 1580 g/mol. The summed E-state index contributed by atoms with van der Waals surface area (Å²) in [5.74, 6) is -8.60. The predicted octanol–water partition coefficient (Wildman–Crippen LogP) is -0.876. The summed E-state index contributed by atoms with van der Waals surface area (Å²) < 4.78 is 0. The van der Waals surface area contributed by atoms with Gasteiger partial charge in [-0.3, -0.25) is 69.6 Å². The van der Waals surface area contributed by atoms with E-state index in [1.165, 1.54) is 9.80 Å². The summed E-state index contributed by atoms with van der Waals surface area (Å²) in [7, 11) is 0. The van der Waals surface area contributed by atoms with Crippen molar-refractivity contribution in [1.29, 1.82) is 21.6 Å². The Balaban J connectivity index is 0.927. The molecule has 2 saturated heterocycles. The molecule has 6 heterocycles. The highest BCUT2D eigenvalue weighted by atomic mass is 16.2. The second-order valence-corrected chi connectivity index (χ2v) is 29.0. The molecule has 612 valence electrons. The number of aromatic nitrogens is 4. The summed E-state index contributed by atoms with van der Waals surface area (Å²) in [4.78, 5) is 164. The summed E-state index contributed by atoms with van der Waals surface area (Å²) >= 11 is 0. The average Bonchev–Trinajstić information content (AvgIpc) is 1.72. The minimum absolute atomic E-state index is 0.0141. The molecule has 37 heteroatoms. The van der Waals surface area contributed by atoms with E-state index in [1.807, 2.05) is 97.1 Å². The first kappa shape index (κ1) is 84.2. The van der Waals surface area contributed by atoms with Crippen molar-refractivity contribution in [2.24, 2.45) is 34.4 Å². The molecule has 0 saturated carbocycles. The number of nitrogens with two attached hydrogens (primary N) is 6. The first-order chi connectivity index (χ1) is 55.3. The number of likely N-dealkylation sites (tertiary alicyclic amines) is 2. The third kappa shape index (κ3) is 23.0. The summed E-state index contributed by atoms with van der Waals surface area (Å²) in [5, 5.41) is 64.1. The molecule has 115 heavy (non-hydrogen) atoms. The first-order valence-corrected chi connectivity index (χ1v) is 38.6. The van der Waals surface area contributed by atoms with Gasteiger partial charge < -0.3 is 123 Å². The Hall–Kier alpha value is -13.2. The van der Waals surface area contributed by atoms with Gasteiger partial charge in [0.05, 0.1) is 6.04 Å². The lowest BCUT2D eigenvalue weighted by Crippen LogP contribution is -2.61. The van der Waals surface area contributed by atoms with E-state index in [1.54, 1.807) is 24.8 Å². The number of benzene rings is 4. The fourth-order valence-corrected chi connectivity index (χ4v) is 14.9. The molecule has 4 aromatic heterocycles. The maximum Gasteiger partial charge on any atom is 0.246 e. The van der Waals surface area contributed by atoms with Gasteiger partial charge in [0.2, 0.25) is 59.1 Å². The zero-order chi connectivity index (χ0) is 82.2. The number of hydrogen-bond donors (Lipinski definition) is 25. The number of nitrogens with one attached hydrogen (secondary N) is 19. The zero-order valence-electron chi connectivity index (χ0n) is 63.8. The smallest absolute Gasteiger partial charge is 0.246 e. The molecule has 8 aromatic rings. The topological polar surface area (TPSA) is 624 Å². The van der Waals surface area contributed by atoms with E-state index in [-0.39, 0.29) is 147 Å². The Labute approximate surface area is 662 Å². The third-order valence-corrected chi connectivity index (χ3v) is 20.8. The number of nitrogens with zero attached hydrogens (tertiary/aromatic N) is 2. The Morgan fingerprint density at radius 3 is 0.974 bits per heavy atom. The van der Waals surface area contributed by atoms with E-state index < -0.39 is 119 Å². The number of carbonyl (C=O) groups is 10. The standard InChI is InChI=1S/C78H105N27O10/c79-51(19-9-29-89-75(81)82)66(107)98-57(25-11-31-91-77(85)86)68(109)102-61(37-45-41-95-54-22-7-3-17-49(45)54)73(114)104-33-13-28-64(104)72(113)101-60(36-44-40-94-53-21-6-2-16-48(44)53)70(111)103-62(38-46-42-96-55-23-8-4-18-50(46)55)74(115)105-34-14-27-63(105)71(112)100-59(35-43-39-93-52-20-5-1-15-47(43)52)69(110)99-58(26-12-32-92-78(87)88)67(108)97-56(65(80)106)24-10-30-90-76(83)84/h1-8,15-18,20-23,39-42,51,56-64,93-96H,9-14,19,24-38,79H2,(H2,80,106)(H,97,108)(H,98,107)(H,99,110)(H,100,112)(H,101,113)(H,102,109)(H,103,111)(H4,81,82,89)(H4,83,84,90)(H4,85,86,91)(H4,87,88,92)/t51-,56-,57-,58-,59-,60-,61-,62-,63-,64-/m0/s1. The maximum atomic E-state index is 15.9. The number of fused-ring (bicyclic) bond motifs is 4. The number of carbonyl (C=O) groups excluding carboxylic acids is 10. The van der Waals surface area contributed by atoms with E-state index in [0.717, 1.165) is 43.6 Å². The van der Waals surface area contributed by atoms with Crippen LogP contribution < -0.4 is 92.9 Å². The Morgan fingerprint density at radius 2 is 0.643 bits per heavy atom. The number of primary amides is 1. The number of para-hydroxylation sites is 4. The van der Waals surface area contributed by atoms with Crippen LogP contribution >= 0.6 is 0 Å². The molecule has 37 nitrogen and oxygen atoms in total. The Morgan fingerprint density at radius 1 is 0.365 bits per heavy atom. The lowest BCUT2D eigenvalue weighted by atomic mass is 10.00. The van der Waals surface area contributed by atoms with Gasteiger partial charge in [0, 0.05) is 133 Å². The Kier molecular flexibility index (Phi) is 29.5. The second kappa shape index (κ2) is 40.3. The predicted molar refractivity (Wildman–Crippen MR) is 435 cm³/mol. The molecule has 10 amide bonds. The molecule has 2 aliphatic heterocycles. The molecule has 2 fully saturated rings. The minimum atomic E-state index is -1.45. The van der Waals surface area contributed by atoms with Crippen molar-refractivity contribution < 1.29 is 47.9 Å². The van der Waals surface area contributed by atoms with Crippen LogP contribution in [0.4, 0.5) is 0 Å². The van der Waals surface area contributed by atoms with Gasteiger partial charge in [-0.25, -0.2) is 0 Å². The van der Waals surface area contributed by atoms with Gasteiger partial charge >= 0.3 is 0 Å². The van der Waals surface area contributed by atoms with E-state index >= 15 is 28.8 Å². The van der Waals surface area contributed by atoms with Crippen LogP contribution in [-0.2, 0) is 73.6 Å². The molecule has 10 rings (SSSR count). The second-order valence-electron chi connectivity index (χ2n) is 29.0. The number of H-pyrrole nitrogens is 4. The zero-order valence-corrected chi connectivity index (χ0v) is 63.8. The molecular weight excluding hydrogens is 1480 g/mol. The highest BCUT2D eigenvalue weighted by Gasteiger charge is 2.44. The number of aromatic amines is 4. The fourth-order valence-electron chi connectivity index (χ4n) is 14.9. The molecule has 10 atom stereocenters. The minimum Gasteiger partial charge on any atom is -0.370 e. The number of amides is 10. The Bertz CT molecular complexity index is 4840. The molecule has 0 aliphatic carbocycles. The fraction of sp³-hybridized carbons (Fsp3) is 0.410. The van der Waals surface area contributed by atoms with E-state index in [0.29, 0.717) is 41.5 Å². The van der Waals surface area contributed by atoms with Crippen LogP contribution in [0.2, 0.25) is 0 Å². The summed E-state index contributed by atoms with van der Waals surface area (Å²) in [6.07, 6.45) is 8.51. The quantitative estimate of drug-likeness (QED) is 0.0126. The van der Waals surface area contributed by atoms with Gasteiger partial charge in [-0.2, -0.15) is 0 Å². The highest BCUT2D eigenvalue weighted by molar-refractivity contribution is 6.01. The lowest BCUT2D eigenvalue weighted by Gasteiger charge is -2.32. The summed E-state index contributed by atoms with van der Waals surface area (Å²) in [6, 6.07) is 16.4. The summed E-state index contributed by atoms with van der Waals surface area (Å²) in [5.41, 5.74) is 39.6. The third-order valence-electron chi connectivity index (χ3n) is 20.8. The van der Waals surface area contributed by atoms with Crippen molar-refractivity contribution in [3.63, 3.8) is 0 Å². The molecule has 0 radical (unpaired) electrons. The number of guanidine groups is 4. The van der Waals surface area contributed by atoms with Crippen LogP contribution in [0.1, 0.15) is 99.3 Å². The van der Waals surface area contributed by atoms with Crippen LogP contribution in [0.25, 0.3) is 43.6 Å². The van der Waals surface area contributed by atoms with E-state index in [2.05, 4.69) is 78.4 Å². The molecule has 31 N–H and O–H groups in total. The number of rotatable bonds is 41. The van der Waals surface area contributed by atoms with Gasteiger partial charge in [-0.15, -0.1) is 0 Å². The first-order valence-electron chi connectivity index (χ1n) is 38.6. The van der Waals surface area contributed by atoms with Gasteiger partial charge in [0.15, 0.2) is 23.8 Å². The van der Waals surface area contributed by atoms with Crippen LogP contribution in [0.5, 0.6) is 0 Å². The molecule has 0 spiro atoms. The van der Waals surface area contributed by atoms with E-state index in [9.17, 15) is 19.2 Å². The van der Waals surface area contributed by atoms with Gasteiger partial charge in [-0.1, -0.05) is 72.8 Å². The van der Waals surface area contributed by atoms with Crippen molar-refractivity contribution in [3.05, 3.63) is 144 Å². The van der Waals surface area contributed by atoms with Crippen molar-refractivity contribution in [2.45, 2.75) is 163 Å². The van der Waals surface area contributed by atoms with E-state index in [4.69, 9.17) is 56.0 Å². The van der Waals surface area contributed by atoms with Crippen LogP contribution in [0.3, 0.4) is 0 Å². The van der Waals surface area contributed by atoms with Gasteiger partial charge in [0.25, 0.3) is 0 Å². The summed E-state index contributed by atoms with van der Waals surface area (Å²) in [6.45, 7) is 0.822. The molecule has 4 aromatic carbocycles. The maximum absolute atomic E-state index is 15.9. The lowest BCUT2D eigenvalue weighted by molar-refractivity contribution is -0.143. The van der Waals surface area contributed by atoms with Crippen molar-refractivity contribution in [2.75, 3.05) is 39.3 Å². The molecule has 2 aliphatic rings. The number of hydrogen-bond acceptors (Lipinski definition) is 15.